The fourth-order valence-electron chi connectivity index (χ4n) is 2.31. The van der Waals surface area contributed by atoms with Gasteiger partial charge in [0, 0.05) is 25.4 Å². The van der Waals surface area contributed by atoms with E-state index in [0.29, 0.717) is 18.0 Å². The van der Waals surface area contributed by atoms with Gasteiger partial charge in [0.15, 0.2) is 0 Å². The molecule has 3 rings (SSSR count). The lowest BCUT2D eigenvalue weighted by molar-refractivity contribution is 0.0955. The summed E-state index contributed by atoms with van der Waals surface area (Å²) < 4.78 is 1.79. The van der Waals surface area contributed by atoms with Crippen LogP contribution in [0.4, 0.5) is 0 Å². The maximum atomic E-state index is 12.3. The Morgan fingerprint density at radius 2 is 2.09 bits per heavy atom. The van der Waals surface area contributed by atoms with E-state index in [-0.39, 0.29) is 5.91 Å². The van der Waals surface area contributed by atoms with E-state index in [1.165, 1.54) is 16.9 Å². The molecule has 0 unspecified atom stereocenters. The van der Waals surface area contributed by atoms with E-state index < -0.39 is 0 Å². The van der Waals surface area contributed by atoms with E-state index in [9.17, 15) is 4.79 Å². The average Bonchev–Trinajstić information content (AvgIpc) is 3.18. The zero-order chi connectivity index (χ0) is 16.1. The van der Waals surface area contributed by atoms with Crippen LogP contribution in [0.1, 0.15) is 25.9 Å². The van der Waals surface area contributed by atoms with Crippen molar-refractivity contribution in [1.29, 1.82) is 0 Å². The number of aryl methyl sites for hydroxylation is 1. The van der Waals surface area contributed by atoms with Crippen molar-refractivity contribution in [2.24, 2.45) is 0 Å². The number of aromatic nitrogens is 3. The number of benzene rings is 1. The molecule has 5 nitrogen and oxygen atoms in total. The van der Waals surface area contributed by atoms with Gasteiger partial charge in [-0.3, -0.25) is 9.48 Å². The van der Waals surface area contributed by atoms with Gasteiger partial charge >= 0.3 is 0 Å². The number of hydrogen-bond donors (Lipinski definition) is 1. The normalized spacial score (nSPS) is 10.7. The molecule has 0 saturated heterocycles. The van der Waals surface area contributed by atoms with Gasteiger partial charge in [-0.05, 0) is 18.6 Å². The number of carbonyl (C=O) groups is 1. The molecule has 0 radical (unpaired) electrons. The highest BCUT2D eigenvalue weighted by Crippen LogP contribution is 2.20. The first kappa shape index (κ1) is 15.4. The number of amides is 1. The number of carbonyl (C=O) groups excluding carboxylic acids is 1. The minimum absolute atomic E-state index is 0.0635. The highest BCUT2D eigenvalue weighted by Gasteiger charge is 2.15. The molecule has 6 heteroatoms. The van der Waals surface area contributed by atoms with Gasteiger partial charge in [-0.15, -0.1) is 11.3 Å². The predicted molar refractivity (Wildman–Crippen MR) is 90.7 cm³/mol. The minimum Gasteiger partial charge on any atom is -0.349 e. The van der Waals surface area contributed by atoms with Gasteiger partial charge in [-0.1, -0.05) is 30.3 Å². The first-order chi connectivity index (χ1) is 11.2. The molecule has 0 atom stereocenters. The Bertz CT molecular complexity index is 765. The molecule has 0 aliphatic carbocycles. The second-order valence-corrected chi connectivity index (χ2v) is 6.29. The summed E-state index contributed by atoms with van der Waals surface area (Å²) in [5.74, 6) is -0.0635. The maximum Gasteiger partial charge on any atom is 0.263 e. The highest BCUT2D eigenvalue weighted by atomic mass is 32.1. The minimum atomic E-state index is -0.0635. The van der Waals surface area contributed by atoms with Gasteiger partial charge in [0.1, 0.15) is 4.88 Å². The molecule has 2 heterocycles. The Hall–Kier alpha value is -2.47. The van der Waals surface area contributed by atoms with Crippen LogP contribution in [0.15, 0.2) is 48.8 Å². The summed E-state index contributed by atoms with van der Waals surface area (Å²) in [6.45, 7) is 3.09. The van der Waals surface area contributed by atoms with Crippen LogP contribution in [0.25, 0.3) is 0 Å². The van der Waals surface area contributed by atoms with Crippen molar-refractivity contribution in [1.82, 2.24) is 20.1 Å². The summed E-state index contributed by atoms with van der Waals surface area (Å²) in [7, 11) is 0. The summed E-state index contributed by atoms with van der Waals surface area (Å²) >= 11 is 1.46. The monoisotopic (exact) mass is 326 g/mol. The quantitative estimate of drug-likeness (QED) is 0.757. The average molecular weight is 326 g/mol. The van der Waals surface area contributed by atoms with Crippen LogP contribution < -0.4 is 5.32 Å². The molecule has 1 amide bonds. The van der Waals surface area contributed by atoms with Crippen molar-refractivity contribution >= 4 is 17.2 Å². The summed E-state index contributed by atoms with van der Waals surface area (Å²) in [5.41, 5.74) is 1.99. The summed E-state index contributed by atoms with van der Waals surface area (Å²) in [6.07, 6.45) is 4.36. The van der Waals surface area contributed by atoms with Crippen LogP contribution in [0.3, 0.4) is 0 Å². The van der Waals surface area contributed by atoms with E-state index >= 15 is 0 Å². The Kier molecular flexibility index (Phi) is 4.83. The zero-order valence-corrected chi connectivity index (χ0v) is 13.7. The van der Waals surface area contributed by atoms with E-state index in [4.69, 9.17) is 0 Å². The van der Waals surface area contributed by atoms with Crippen LogP contribution in [0.5, 0.6) is 0 Å². The van der Waals surface area contributed by atoms with Gasteiger partial charge in [-0.25, -0.2) is 4.98 Å². The van der Waals surface area contributed by atoms with Crippen LogP contribution in [-0.2, 0) is 13.0 Å². The number of thiazole rings is 1. The lowest BCUT2D eigenvalue weighted by atomic mass is 10.2. The van der Waals surface area contributed by atoms with Crippen molar-refractivity contribution in [2.75, 3.05) is 6.54 Å². The van der Waals surface area contributed by atoms with Gasteiger partial charge in [0.05, 0.1) is 17.2 Å². The van der Waals surface area contributed by atoms with E-state index in [1.807, 2.05) is 37.4 Å². The van der Waals surface area contributed by atoms with Gasteiger partial charge in [-0.2, -0.15) is 5.10 Å². The first-order valence-electron chi connectivity index (χ1n) is 7.48. The van der Waals surface area contributed by atoms with Crippen molar-refractivity contribution in [2.45, 2.75) is 19.9 Å². The number of nitrogens with one attached hydrogen (secondary N) is 1. The van der Waals surface area contributed by atoms with Crippen LogP contribution in [0.2, 0.25) is 0 Å². The SMILES string of the molecule is Cc1nc(Cc2ccccc2)sc1C(=O)NCCn1cccn1. The summed E-state index contributed by atoms with van der Waals surface area (Å²) in [4.78, 5) is 17.5. The molecule has 2 aromatic heterocycles. The van der Waals surface area contributed by atoms with Crippen molar-refractivity contribution in [3.05, 3.63) is 69.9 Å². The van der Waals surface area contributed by atoms with Crippen molar-refractivity contribution in [3.8, 4) is 0 Å². The Labute approximate surface area is 139 Å². The van der Waals surface area contributed by atoms with Crippen molar-refractivity contribution < 1.29 is 4.79 Å². The predicted octanol–water partition coefficient (Wildman–Crippen LogP) is 2.67. The Morgan fingerprint density at radius 3 is 2.83 bits per heavy atom. The number of rotatable bonds is 6. The molecule has 3 aromatic rings. The smallest absolute Gasteiger partial charge is 0.263 e. The molecule has 0 aliphatic heterocycles. The molecule has 0 aliphatic rings. The highest BCUT2D eigenvalue weighted by molar-refractivity contribution is 7.13. The summed E-state index contributed by atoms with van der Waals surface area (Å²) in [6, 6.07) is 12.0. The van der Waals surface area contributed by atoms with Crippen molar-refractivity contribution in [3.63, 3.8) is 0 Å². The molecular formula is C17H18N4OS. The fraction of sp³-hybridized carbons (Fsp3) is 0.235. The van der Waals surface area contributed by atoms with Gasteiger partial charge < -0.3 is 5.32 Å². The Morgan fingerprint density at radius 1 is 1.26 bits per heavy atom. The van der Waals surface area contributed by atoms with E-state index in [0.717, 1.165) is 17.1 Å². The molecular weight excluding hydrogens is 308 g/mol. The number of hydrogen-bond acceptors (Lipinski definition) is 4. The molecule has 1 N–H and O–H groups in total. The largest absolute Gasteiger partial charge is 0.349 e. The van der Waals surface area contributed by atoms with Crippen LogP contribution >= 0.6 is 11.3 Å². The first-order valence-corrected chi connectivity index (χ1v) is 8.30. The molecule has 118 valence electrons. The third-order valence-electron chi connectivity index (χ3n) is 3.43. The summed E-state index contributed by atoms with van der Waals surface area (Å²) in [5, 5.41) is 8.00. The molecule has 0 spiro atoms. The molecule has 1 aromatic carbocycles. The van der Waals surface area contributed by atoms with Gasteiger partial charge in [0.25, 0.3) is 5.91 Å². The Balaban J connectivity index is 1.60. The third-order valence-corrected chi connectivity index (χ3v) is 4.59. The lowest BCUT2D eigenvalue weighted by Crippen LogP contribution is -2.27. The third kappa shape index (κ3) is 4.04. The molecule has 0 fully saturated rings. The standard InChI is InChI=1S/C17H18N4OS/c1-13-16(17(22)18-9-11-21-10-5-8-19-21)23-15(20-13)12-14-6-3-2-4-7-14/h2-8,10H,9,11-12H2,1H3,(H,18,22). The second-order valence-electron chi connectivity index (χ2n) is 5.21. The van der Waals surface area contributed by atoms with E-state index in [2.05, 4.69) is 27.5 Å². The van der Waals surface area contributed by atoms with Crippen LogP contribution in [-0.4, -0.2) is 27.2 Å². The zero-order valence-electron chi connectivity index (χ0n) is 12.9. The number of nitrogens with zero attached hydrogens (tertiary/aromatic N) is 3. The van der Waals surface area contributed by atoms with Gasteiger partial charge in [0.2, 0.25) is 0 Å². The maximum absolute atomic E-state index is 12.3. The molecule has 0 saturated carbocycles. The molecule has 0 bridgehead atoms. The topological polar surface area (TPSA) is 59.8 Å². The second kappa shape index (κ2) is 7.19. The van der Waals surface area contributed by atoms with Crippen LogP contribution in [0, 0.1) is 6.92 Å². The fourth-order valence-corrected chi connectivity index (χ4v) is 3.32. The van der Waals surface area contributed by atoms with E-state index in [1.54, 1.807) is 10.9 Å². The lowest BCUT2D eigenvalue weighted by Gasteiger charge is -2.04. The molecule has 23 heavy (non-hydrogen) atoms.